The van der Waals surface area contributed by atoms with E-state index in [1.165, 1.54) is 27.2 Å². The number of aromatic nitrogens is 3. The van der Waals surface area contributed by atoms with Crippen molar-refractivity contribution in [1.82, 2.24) is 9.38 Å². The second-order valence-corrected chi connectivity index (χ2v) is 8.55. The van der Waals surface area contributed by atoms with Gasteiger partial charge in [-0.05, 0) is 50.2 Å². The van der Waals surface area contributed by atoms with Gasteiger partial charge in [-0.1, -0.05) is 11.1 Å². The minimum atomic E-state index is -4.08. The third kappa shape index (κ3) is 2.85. The maximum atomic E-state index is 13.2. The van der Waals surface area contributed by atoms with Gasteiger partial charge in [0.15, 0.2) is 0 Å². The van der Waals surface area contributed by atoms with Crippen molar-refractivity contribution < 1.29 is 17.4 Å². The molecule has 0 atom stereocenters. The van der Waals surface area contributed by atoms with E-state index in [2.05, 4.69) is 4.98 Å². The van der Waals surface area contributed by atoms with Crippen molar-refractivity contribution in [2.75, 3.05) is 5.73 Å². The molecular formula is C20H18FN4O3S+. The number of pyridine rings is 2. The second kappa shape index (κ2) is 6.63. The van der Waals surface area contributed by atoms with Crippen molar-refractivity contribution in [3.8, 4) is 0 Å². The number of hydrogen-bond donors (Lipinski definition) is 1. The lowest BCUT2D eigenvalue weighted by atomic mass is 10.2. The van der Waals surface area contributed by atoms with Crippen LogP contribution in [0.5, 0.6) is 0 Å². The van der Waals surface area contributed by atoms with Crippen LogP contribution < -0.4 is 15.9 Å². The molecule has 0 amide bonds. The topological polar surface area (TPSA) is 98.4 Å². The minimum absolute atomic E-state index is 0.0332. The molecule has 3 aromatic heterocycles. The smallest absolute Gasteiger partial charge is 0.278 e. The first-order chi connectivity index (χ1) is 13.8. The first-order valence-electron chi connectivity index (χ1n) is 8.90. The van der Waals surface area contributed by atoms with Gasteiger partial charge in [-0.2, -0.15) is 0 Å². The van der Waals surface area contributed by atoms with Crippen molar-refractivity contribution in [3.63, 3.8) is 0 Å². The minimum Gasteiger partial charge on any atom is -0.317 e. The Balaban J connectivity index is 2.13. The zero-order valence-electron chi connectivity index (χ0n) is 15.8. The molecule has 0 aliphatic rings. The van der Waals surface area contributed by atoms with Crippen molar-refractivity contribution in [3.05, 3.63) is 70.4 Å². The molecule has 3 heterocycles. The molecule has 9 heteroatoms. The molecule has 4 aromatic rings. The summed E-state index contributed by atoms with van der Waals surface area (Å²) in [6.45, 7) is 3.93. The van der Waals surface area contributed by atoms with Gasteiger partial charge in [-0.3, -0.25) is 9.20 Å². The molecular weight excluding hydrogens is 395 g/mol. The predicted molar refractivity (Wildman–Crippen MR) is 106 cm³/mol. The molecule has 4 rings (SSSR count). The quantitative estimate of drug-likeness (QED) is 0.315. The van der Waals surface area contributed by atoms with Crippen LogP contribution in [0.25, 0.3) is 16.7 Å². The molecule has 1 aromatic carbocycles. The molecule has 0 aliphatic heterocycles. The molecule has 29 heavy (non-hydrogen) atoms. The van der Waals surface area contributed by atoms with Gasteiger partial charge in [0.25, 0.3) is 11.2 Å². The number of anilines is 1. The average Bonchev–Trinajstić information content (AvgIpc) is 2.69. The molecule has 148 valence electrons. The van der Waals surface area contributed by atoms with E-state index in [1.807, 2.05) is 13.0 Å². The molecule has 0 saturated carbocycles. The van der Waals surface area contributed by atoms with E-state index < -0.39 is 21.2 Å². The molecule has 0 bridgehead atoms. The van der Waals surface area contributed by atoms with Crippen LogP contribution in [-0.2, 0) is 16.4 Å². The maximum absolute atomic E-state index is 13.2. The standard InChI is InChI=1S/C20H17FN4O3S/c1-3-24-17(22)16(29(27,28)14-8-6-13(21)7-9-14)11-15-19(24)23-18-12(2)5-4-10-25(18)20(15)26/h4-11,22H,3H2,1-2H3/p+1. The monoisotopic (exact) mass is 413 g/mol. The average molecular weight is 413 g/mol. The summed E-state index contributed by atoms with van der Waals surface area (Å²) in [5.41, 5.74) is 7.39. The Labute approximate surface area is 165 Å². The highest BCUT2D eigenvalue weighted by Crippen LogP contribution is 2.26. The molecule has 0 spiro atoms. The van der Waals surface area contributed by atoms with Gasteiger partial charge in [0.1, 0.15) is 16.1 Å². The van der Waals surface area contributed by atoms with Crippen LogP contribution in [0, 0.1) is 12.7 Å². The fourth-order valence-electron chi connectivity index (χ4n) is 3.36. The van der Waals surface area contributed by atoms with Crippen molar-refractivity contribution in [2.45, 2.75) is 30.2 Å². The molecule has 0 aliphatic carbocycles. The first-order valence-corrected chi connectivity index (χ1v) is 10.4. The van der Waals surface area contributed by atoms with Gasteiger partial charge in [0, 0.05) is 11.8 Å². The molecule has 0 unspecified atom stereocenters. The van der Waals surface area contributed by atoms with E-state index in [9.17, 15) is 17.6 Å². The van der Waals surface area contributed by atoms with Gasteiger partial charge >= 0.3 is 0 Å². The van der Waals surface area contributed by atoms with Crippen molar-refractivity contribution >= 4 is 32.3 Å². The number of nitrogen functional groups attached to an aromatic ring is 1. The number of nitrogens with zero attached hydrogens (tertiary/aromatic N) is 3. The Hall–Kier alpha value is -3.33. The van der Waals surface area contributed by atoms with Crippen LogP contribution in [0.1, 0.15) is 12.5 Å². The van der Waals surface area contributed by atoms with E-state index in [-0.39, 0.29) is 21.0 Å². The van der Waals surface area contributed by atoms with Crippen molar-refractivity contribution in [2.24, 2.45) is 0 Å². The van der Waals surface area contributed by atoms with Crippen LogP contribution in [-0.4, -0.2) is 17.8 Å². The highest BCUT2D eigenvalue weighted by molar-refractivity contribution is 7.91. The first kappa shape index (κ1) is 19.0. The zero-order chi connectivity index (χ0) is 20.9. The van der Waals surface area contributed by atoms with E-state index in [1.54, 1.807) is 19.2 Å². The summed E-state index contributed by atoms with van der Waals surface area (Å²) in [6.07, 6.45) is 1.58. The molecule has 2 N–H and O–H groups in total. The van der Waals surface area contributed by atoms with E-state index >= 15 is 0 Å². The number of benzene rings is 1. The summed E-state index contributed by atoms with van der Waals surface area (Å²) in [6, 6.07) is 9.26. The number of fused-ring (bicyclic) bond motifs is 2. The molecule has 0 saturated heterocycles. The third-order valence-corrected chi connectivity index (χ3v) is 6.67. The summed E-state index contributed by atoms with van der Waals surface area (Å²) in [4.78, 5) is 17.4. The number of nitrogens with two attached hydrogens (primary N) is 1. The fraction of sp³-hybridized carbons (Fsp3) is 0.150. The summed E-state index contributed by atoms with van der Waals surface area (Å²) in [7, 11) is -4.08. The van der Waals surface area contributed by atoms with Crippen LogP contribution in [0.2, 0.25) is 0 Å². The van der Waals surface area contributed by atoms with Gasteiger partial charge in [-0.15, -0.1) is 0 Å². The summed E-state index contributed by atoms with van der Waals surface area (Å²) in [5, 5.41) is 0.129. The Morgan fingerprint density at radius 2 is 1.90 bits per heavy atom. The molecule has 0 fully saturated rings. The van der Waals surface area contributed by atoms with Gasteiger partial charge in [-0.25, -0.2) is 17.4 Å². The summed E-state index contributed by atoms with van der Waals surface area (Å²) < 4.78 is 42.4. The highest BCUT2D eigenvalue weighted by Gasteiger charge is 2.29. The lowest BCUT2D eigenvalue weighted by molar-refractivity contribution is -0.656. The fourth-order valence-corrected chi connectivity index (χ4v) is 4.77. The highest BCUT2D eigenvalue weighted by atomic mass is 32.2. The van der Waals surface area contributed by atoms with Crippen LogP contribution in [0.4, 0.5) is 10.2 Å². The van der Waals surface area contributed by atoms with Gasteiger partial charge in [0.05, 0.1) is 11.4 Å². The van der Waals surface area contributed by atoms with Gasteiger partial charge < -0.3 is 5.73 Å². The number of rotatable bonds is 3. The lowest BCUT2D eigenvalue weighted by Gasteiger charge is -2.12. The summed E-state index contributed by atoms with van der Waals surface area (Å²) >= 11 is 0. The third-order valence-electron chi connectivity index (χ3n) is 4.87. The number of hydrogen-bond acceptors (Lipinski definition) is 5. The second-order valence-electron chi connectivity index (χ2n) is 6.63. The predicted octanol–water partition coefficient (Wildman–Crippen LogP) is 2.02. The molecule has 0 radical (unpaired) electrons. The summed E-state index contributed by atoms with van der Waals surface area (Å²) in [5.74, 6) is -0.586. The van der Waals surface area contributed by atoms with Crippen LogP contribution in [0.15, 0.2) is 63.2 Å². The van der Waals surface area contributed by atoms with Gasteiger partial charge in [0.2, 0.25) is 21.3 Å². The van der Waals surface area contributed by atoms with E-state index in [0.717, 1.165) is 17.7 Å². The van der Waals surface area contributed by atoms with Crippen LogP contribution >= 0.6 is 0 Å². The zero-order valence-corrected chi connectivity index (χ0v) is 16.6. The Morgan fingerprint density at radius 3 is 2.55 bits per heavy atom. The van der Waals surface area contributed by atoms with E-state index in [4.69, 9.17) is 5.73 Å². The Kier molecular flexibility index (Phi) is 4.34. The number of aryl methyl sites for hydroxylation is 2. The molecule has 7 nitrogen and oxygen atoms in total. The Bertz CT molecular complexity index is 1450. The number of sulfone groups is 1. The number of halogens is 1. The SMILES string of the molecule is CC[n+]1c(N)c(S(=O)(=O)c2ccc(F)cc2)cc2c(=O)n3cccc(C)c3nc21. The maximum Gasteiger partial charge on any atom is 0.278 e. The van der Waals surface area contributed by atoms with Crippen molar-refractivity contribution in [1.29, 1.82) is 0 Å². The lowest BCUT2D eigenvalue weighted by Crippen LogP contribution is -2.40. The largest absolute Gasteiger partial charge is 0.317 e. The Morgan fingerprint density at radius 1 is 1.21 bits per heavy atom. The van der Waals surface area contributed by atoms with Crippen LogP contribution in [0.3, 0.4) is 0 Å². The van der Waals surface area contributed by atoms with E-state index in [0.29, 0.717) is 17.8 Å². The normalized spacial score (nSPS) is 12.0.